The van der Waals surface area contributed by atoms with Gasteiger partial charge in [-0.05, 0) is 12.1 Å². The number of thiazole rings is 1. The molecule has 0 fully saturated rings. The molecule has 1 N–H and O–H groups in total. The van der Waals surface area contributed by atoms with Crippen LogP contribution in [0.5, 0.6) is 5.75 Å². The fourth-order valence-corrected chi connectivity index (χ4v) is 2.36. The third-order valence-corrected chi connectivity index (χ3v) is 3.15. The SMILES string of the molecule is COc1ccccc1-c1ncsc1CC(=O)O. The number of rotatable bonds is 4. The van der Waals surface area contributed by atoms with E-state index in [1.807, 2.05) is 24.3 Å². The van der Waals surface area contributed by atoms with Crippen molar-refractivity contribution in [1.82, 2.24) is 4.98 Å². The van der Waals surface area contributed by atoms with Crippen LogP contribution in [0.15, 0.2) is 29.8 Å². The Morgan fingerprint density at radius 3 is 2.94 bits per heavy atom. The standard InChI is InChI=1S/C12H11NO3S/c1-16-9-5-3-2-4-8(9)12-10(6-11(14)15)17-7-13-12/h2-5,7H,6H2,1H3,(H,14,15). The van der Waals surface area contributed by atoms with Crippen LogP contribution in [-0.2, 0) is 11.2 Å². The highest BCUT2D eigenvalue weighted by Gasteiger charge is 2.14. The molecule has 88 valence electrons. The highest BCUT2D eigenvalue weighted by molar-refractivity contribution is 7.10. The molecule has 0 spiro atoms. The molecule has 5 heteroatoms. The Hall–Kier alpha value is -1.88. The molecule has 0 saturated heterocycles. The van der Waals surface area contributed by atoms with E-state index in [0.717, 1.165) is 10.4 Å². The van der Waals surface area contributed by atoms with Gasteiger partial charge in [-0.3, -0.25) is 4.79 Å². The number of carboxylic acid groups (broad SMARTS) is 1. The van der Waals surface area contributed by atoms with Crippen molar-refractivity contribution in [3.8, 4) is 17.0 Å². The van der Waals surface area contributed by atoms with Crippen LogP contribution in [0.3, 0.4) is 0 Å². The van der Waals surface area contributed by atoms with Crippen molar-refractivity contribution in [2.45, 2.75) is 6.42 Å². The van der Waals surface area contributed by atoms with Gasteiger partial charge in [0, 0.05) is 10.4 Å². The van der Waals surface area contributed by atoms with Crippen LogP contribution in [0.25, 0.3) is 11.3 Å². The lowest BCUT2D eigenvalue weighted by Crippen LogP contribution is -2.00. The summed E-state index contributed by atoms with van der Waals surface area (Å²) in [5, 5.41) is 8.83. The van der Waals surface area contributed by atoms with Gasteiger partial charge in [0.05, 0.1) is 24.7 Å². The van der Waals surface area contributed by atoms with Crippen LogP contribution in [0.2, 0.25) is 0 Å². The second kappa shape index (κ2) is 4.97. The number of carbonyl (C=O) groups is 1. The van der Waals surface area contributed by atoms with Crippen molar-refractivity contribution in [2.75, 3.05) is 7.11 Å². The summed E-state index contributed by atoms with van der Waals surface area (Å²) in [6, 6.07) is 7.45. The molecule has 0 radical (unpaired) electrons. The van der Waals surface area contributed by atoms with Crippen molar-refractivity contribution in [2.24, 2.45) is 0 Å². The average molecular weight is 249 g/mol. The number of carboxylic acids is 1. The number of hydrogen-bond donors (Lipinski definition) is 1. The van der Waals surface area contributed by atoms with E-state index in [-0.39, 0.29) is 6.42 Å². The zero-order valence-corrected chi connectivity index (χ0v) is 10.0. The third-order valence-electron chi connectivity index (χ3n) is 2.31. The predicted molar refractivity (Wildman–Crippen MR) is 65.4 cm³/mol. The quantitative estimate of drug-likeness (QED) is 0.904. The largest absolute Gasteiger partial charge is 0.496 e. The van der Waals surface area contributed by atoms with Gasteiger partial charge in [0.2, 0.25) is 0 Å². The van der Waals surface area contributed by atoms with Gasteiger partial charge < -0.3 is 9.84 Å². The number of aromatic nitrogens is 1. The van der Waals surface area contributed by atoms with Gasteiger partial charge in [-0.25, -0.2) is 4.98 Å². The van der Waals surface area contributed by atoms with E-state index in [1.165, 1.54) is 11.3 Å². The van der Waals surface area contributed by atoms with E-state index < -0.39 is 5.97 Å². The van der Waals surface area contributed by atoms with E-state index in [4.69, 9.17) is 9.84 Å². The minimum Gasteiger partial charge on any atom is -0.496 e. The van der Waals surface area contributed by atoms with E-state index in [0.29, 0.717) is 11.4 Å². The van der Waals surface area contributed by atoms with Crippen molar-refractivity contribution in [1.29, 1.82) is 0 Å². The number of nitrogens with zero attached hydrogens (tertiary/aromatic N) is 1. The summed E-state index contributed by atoms with van der Waals surface area (Å²) in [6.07, 6.45) is -0.0158. The summed E-state index contributed by atoms with van der Waals surface area (Å²) < 4.78 is 5.25. The van der Waals surface area contributed by atoms with E-state index in [9.17, 15) is 4.79 Å². The van der Waals surface area contributed by atoms with E-state index in [2.05, 4.69) is 4.98 Å². The Kier molecular flexibility index (Phi) is 3.39. The first-order valence-corrected chi connectivity index (χ1v) is 5.88. The van der Waals surface area contributed by atoms with E-state index >= 15 is 0 Å². The fourth-order valence-electron chi connectivity index (χ4n) is 1.59. The minimum atomic E-state index is -0.856. The van der Waals surface area contributed by atoms with Crippen molar-refractivity contribution < 1.29 is 14.6 Å². The Balaban J connectivity index is 2.46. The van der Waals surface area contributed by atoms with Gasteiger partial charge in [-0.2, -0.15) is 0 Å². The molecule has 0 saturated carbocycles. The maximum Gasteiger partial charge on any atom is 0.308 e. The highest BCUT2D eigenvalue weighted by Crippen LogP contribution is 2.32. The van der Waals surface area contributed by atoms with Crippen molar-refractivity contribution in [3.63, 3.8) is 0 Å². The molecular formula is C12H11NO3S. The van der Waals surface area contributed by atoms with Crippen LogP contribution in [0.4, 0.5) is 0 Å². The zero-order valence-electron chi connectivity index (χ0n) is 9.21. The second-order valence-corrected chi connectivity index (χ2v) is 4.33. The Labute approximate surface area is 103 Å². The molecule has 2 aromatic rings. The van der Waals surface area contributed by atoms with Crippen LogP contribution in [-0.4, -0.2) is 23.2 Å². The summed E-state index contributed by atoms with van der Waals surface area (Å²) >= 11 is 1.34. The first-order chi connectivity index (χ1) is 8.22. The average Bonchev–Trinajstić information content (AvgIpc) is 2.76. The molecule has 0 aliphatic heterocycles. The van der Waals surface area contributed by atoms with Crippen LogP contribution >= 0.6 is 11.3 Å². The Bertz CT molecular complexity index is 536. The van der Waals surface area contributed by atoms with Gasteiger partial charge in [-0.15, -0.1) is 11.3 Å². The Morgan fingerprint density at radius 2 is 2.24 bits per heavy atom. The monoisotopic (exact) mass is 249 g/mol. The molecule has 2 rings (SSSR count). The number of aliphatic carboxylic acids is 1. The molecule has 17 heavy (non-hydrogen) atoms. The van der Waals surface area contributed by atoms with Gasteiger partial charge in [-0.1, -0.05) is 12.1 Å². The molecular weight excluding hydrogens is 238 g/mol. The van der Waals surface area contributed by atoms with Gasteiger partial charge in [0.15, 0.2) is 0 Å². The molecule has 4 nitrogen and oxygen atoms in total. The number of benzene rings is 1. The second-order valence-electron chi connectivity index (χ2n) is 3.39. The first-order valence-electron chi connectivity index (χ1n) is 5.00. The van der Waals surface area contributed by atoms with Gasteiger partial charge in [0.1, 0.15) is 5.75 Å². The molecule has 0 aliphatic rings. The predicted octanol–water partition coefficient (Wildman–Crippen LogP) is 2.45. The third kappa shape index (κ3) is 2.45. The highest BCUT2D eigenvalue weighted by atomic mass is 32.1. The number of hydrogen-bond acceptors (Lipinski definition) is 4. The Morgan fingerprint density at radius 1 is 1.47 bits per heavy atom. The van der Waals surface area contributed by atoms with Crippen molar-refractivity contribution in [3.05, 3.63) is 34.7 Å². The van der Waals surface area contributed by atoms with Gasteiger partial charge >= 0.3 is 5.97 Å². The molecule has 0 bridgehead atoms. The number of methoxy groups -OCH3 is 1. The summed E-state index contributed by atoms with van der Waals surface area (Å²) in [6.45, 7) is 0. The number of para-hydroxylation sites is 1. The molecule has 1 heterocycles. The molecule has 1 aromatic carbocycles. The van der Waals surface area contributed by atoms with Gasteiger partial charge in [0.25, 0.3) is 0 Å². The summed E-state index contributed by atoms with van der Waals surface area (Å²) in [5.41, 5.74) is 3.17. The minimum absolute atomic E-state index is 0.0158. The fraction of sp³-hybridized carbons (Fsp3) is 0.167. The molecule has 0 amide bonds. The first kappa shape index (κ1) is 11.6. The summed E-state index contributed by atoms with van der Waals surface area (Å²) in [7, 11) is 1.59. The molecule has 1 aromatic heterocycles. The normalized spacial score (nSPS) is 10.2. The summed E-state index contributed by atoms with van der Waals surface area (Å²) in [5.74, 6) is -0.157. The lowest BCUT2D eigenvalue weighted by atomic mass is 10.1. The lowest BCUT2D eigenvalue weighted by Gasteiger charge is -2.06. The van der Waals surface area contributed by atoms with Crippen LogP contribution < -0.4 is 4.74 Å². The smallest absolute Gasteiger partial charge is 0.308 e. The lowest BCUT2D eigenvalue weighted by molar-refractivity contribution is -0.136. The molecule has 0 atom stereocenters. The maximum absolute atomic E-state index is 10.8. The van der Waals surface area contributed by atoms with E-state index in [1.54, 1.807) is 12.6 Å². The number of ether oxygens (including phenoxy) is 1. The maximum atomic E-state index is 10.8. The molecule has 0 aliphatic carbocycles. The topological polar surface area (TPSA) is 59.4 Å². The van der Waals surface area contributed by atoms with Crippen molar-refractivity contribution >= 4 is 17.3 Å². The summed E-state index contributed by atoms with van der Waals surface area (Å²) in [4.78, 5) is 15.7. The zero-order chi connectivity index (χ0) is 12.3. The van der Waals surface area contributed by atoms with Crippen LogP contribution in [0, 0.1) is 0 Å². The van der Waals surface area contributed by atoms with Crippen LogP contribution in [0.1, 0.15) is 4.88 Å². The molecule has 0 unspecified atom stereocenters.